The number of aryl methyl sites for hydroxylation is 2. The Hall–Kier alpha value is -3.33. The fourth-order valence-electron chi connectivity index (χ4n) is 3.40. The van der Waals surface area contributed by atoms with Crippen LogP contribution in [0.25, 0.3) is 16.8 Å². The Bertz CT molecular complexity index is 1160. The lowest BCUT2D eigenvalue weighted by Gasteiger charge is -2.14. The number of hydrogen-bond donors (Lipinski definition) is 0. The number of pyridine rings is 1. The molecular formula is C21H24FN7O. The second-order valence-electron chi connectivity index (χ2n) is 7.43. The summed E-state index contributed by atoms with van der Waals surface area (Å²) >= 11 is 0. The highest BCUT2D eigenvalue weighted by Gasteiger charge is 2.13. The minimum absolute atomic E-state index is 0.343. The normalized spacial score (nSPS) is 11.5. The summed E-state index contributed by atoms with van der Waals surface area (Å²) in [7, 11) is 3.96. The van der Waals surface area contributed by atoms with Gasteiger partial charge in [-0.1, -0.05) is 0 Å². The van der Waals surface area contributed by atoms with E-state index in [9.17, 15) is 4.39 Å². The summed E-state index contributed by atoms with van der Waals surface area (Å²) in [5, 5.41) is 16.6. The number of aromatic nitrogens is 6. The van der Waals surface area contributed by atoms with Crippen molar-refractivity contribution in [1.29, 1.82) is 0 Å². The van der Waals surface area contributed by atoms with Gasteiger partial charge in [-0.2, -0.15) is 0 Å². The zero-order valence-electron chi connectivity index (χ0n) is 17.5. The summed E-state index contributed by atoms with van der Waals surface area (Å²) in [5.41, 5.74) is 2.47. The Morgan fingerprint density at radius 2 is 1.77 bits per heavy atom. The van der Waals surface area contributed by atoms with Crippen molar-refractivity contribution in [3.63, 3.8) is 0 Å². The van der Waals surface area contributed by atoms with E-state index in [-0.39, 0.29) is 5.82 Å². The first-order valence-corrected chi connectivity index (χ1v) is 9.70. The molecule has 0 saturated heterocycles. The summed E-state index contributed by atoms with van der Waals surface area (Å²) in [5.74, 6) is 2.62. The predicted molar refractivity (Wildman–Crippen MR) is 111 cm³/mol. The van der Waals surface area contributed by atoms with E-state index in [0.717, 1.165) is 34.2 Å². The molecule has 0 atom stereocenters. The lowest BCUT2D eigenvalue weighted by Crippen LogP contribution is -2.13. The van der Waals surface area contributed by atoms with Gasteiger partial charge in [0.2, 0.25) is 0 Å². The summed E-state index contributed by atoms with van der Waals surface area (Å²) < 4.78 is 23.9. The van der Waals surface area contributed by atoms with Gasteiger partial charge in [0.1, 0.15) is 29.8 Å². The van der Waals surface area contributed by atoms with Crippen molar-refractivity contribution < 1.29 is 9.13 Å². The van der Waals surface area contributed by atoms with Gasteiger partial charge in [-0.3, -0.25) is 4.40 Å². The van der Waals surface area contributed by atoms with E-state index in [2.05, 4.69) is 20.4 Å². The summed E-state index contributed by atoms with van der Waals surface area (Å²) in [6.45, 7) is 5.41. The number of halogens is 1. The number of rotatable bonds is 7. The van der Waals surface area contributed by atoms with E-state index in [0.29, 0.717) is 25.4 Å². The molecule has 0 spiro atoms. The third-order valence-electron chi connectivity index (χ3n) is 4.88. The van der Waals surface area contributed by atoms with Crippen molar-refractivity contribution in [2.24, 2.45) is 0 Å². The standard InChI is InChI=1S/C21H24FN7O/c1-14-23-24-15(2)28(14)9-10-30-19-11-17(22)6-7-18(19)16-5-8-20-25-26-21(13-27(3)4)29(20)12-16/h5-8,11-12H,9-10,13H2,1-4H3. The van der Waals surface area contributed by atoms with Gasteiger partial charge in [0, 0.05) is 23.4 Å². The van der Waals surface area contributed by atoms with Crippen LogP contribution in [0.3, 0.4) is 0 Å². The van der Waals surface area contributed by atoms with Crippen LogP contribution in [0.1, 0.15) is 17.5 Å². The van der Waals surface area contributed by atoms with Crippen LogP contribution in [0.2, 0.25) is 0 Å². The molecule has 4 rings (SSSR count). The molecular weight excluding hydrogens is 385 g/mol. The third kappa shape index (κ3) is 4.02. The lowest BCUT2D eigenvalue weighted by molar-refractivity contribution is 0.295. The molecule has 0 amide bonds. The highest BCUT2D eigenvalue weighted by molar-refractivity contribution is 5.71. The van der Waals surface area contributed by atoms with E-state index in [4.69, 9.17) is 4.74 Å². The molecule has 0 saturated carbocycles. The lowest BCUT2D eigenvalue weighted by atomic mass is 10.1. The van der Waals surface area contributed by atoms with Crippen LogP contribution in [0.5, 0.6) is 5.75 Å². The molecule has 1 aromatic carbocycles. The van der Waals surface area contributed by atoms with E-state index < -0.39 is 0 Å². The quantitative estimate of drug-likeness (QED) is 0.467. The minimum Gasteiger partial charge on any atom is -0.491 e. The largest absolute Gasteiger partial charge is 0.491 e. The smallest absolute Gasteiger partial charge is 0.160 e. The first-order chi connectivity index (χ1) is 14.4. The second kappa shape index (κ2) is 8.19. The molecule has 3 aromatic heterocycles. The molecule has 0 unspecified atom stereocenters. The van der Waals surface area contributed by atoms with E-state index in [1.165, 1.54) is 12.1 Å². The maximum atomic E-state index is 14.0. The summed E-state index contributed by atoms with van der Waals surface area (Å²) in [4.78, 5) is 2.03. The van der Waals surface area contributed by atoms with Crippen LogP contribution < -0.4 is 4.74 Å². The van der Waals surface area contributed by atoms with E-state index in [1.807, 2.05) is 60.1 Å². The van der Waals surface area contributed by atoms with Gasteiger partial charge in [-0.25, -0.2) is 4.39 Å². The van der Waals surface area contributed by atoms with Crippen molar-refractivity contribution in [2.75, 3.05) is 20.7 Å². The van der Waals surface area contributed by atoms with E-state index in [1.54, 1.807) is 6.07 Å². The number of ether oxygens (including phenoxy) is 1. The Morgan fingerprint density at radius 1 is 1.00 bits per heavy atom. The maximum Gasteiger partial charge on any atom is 0.160 e. The van der Waals surface area contributed by atoms with Crippen LogP contribution in [0.4, 0.5) is 4.39 Å². The topological polar surface area (TPSA) is 73.4 Å². The molecule has 0 aliphatic rings. The van der Waals surface area contributed by atoms with Crippen molar-refractivity contribution >= 4 is 5.65 Å². The fraction of sp³-hybridized carbons (Fsp3) is 0.333. The molecule has 0 N–H and O–H groups in total. The SMILES string of the molecule is Cc1nnc(C)n1CCOc1cc(F)ccc1-c1ccc2nnc(CN(C)C)n2c1. The maximum absolute atomic E-state index is 14.0. The first-order valence-electron chi connectivity index (χ1n) is 9.70. The first kappa shape index (κ1) is 20.0. The highest BCUT2D eigenvalue weighted by Crippen LogP contribution is 2.31. The molecule has 0 fully saturated rings. The molecule has 0 aliphatic carbocycles. The fourth-order valence-corrected chi connectivity index (χ4v) is 3.40. The molecule has 3 heterocycles. The van der Waals surface area contributed by atoms with Crippen LogP contribution in [0.15, 0.2) is 36.5 Å². The number of benzene rings is 1. The van der Waals surface area contributed by atoms with Crippen LogP contribution >= 0.6 is 0 Å². The summed E-state index contributed by atoms with van der Waals surface area (Å²) in [6.07, 6.45) is 1.96. The Balaban J connectivity index is 1.62. The van der Waals surface area contributed by atoms with Crippen molar-refractivity contribution in [3.05, 3.63) is 59.8 Å². The van der Waals surface area contributed by atoms with Crippen molar-refractivity contribution in [2.45, 2.75) is 26.9 Å². The molecule has 0 bridgehead atoms. The average molecular weight is 409 g/mol. The van der Waals surface area contributed by atoms with Gasteiger partial charge < -0.3 is 14.2 Å². The van der Waals surface area contributed by atoms with Crippen LogP contribution in [-0.2, 0) is 13.1 Å². The molecule has 30 heavy (non-hydrogen) atoms. The van der Waals surface area contributed by atoms with Gasteiger partial charge >= 0.3 is 0 Å². The average Bonchev–Trinajstić information content (AvgIpc) is 3.25. The predicted octanol–water partition coefficient (Wildman–Crippen LogP) is 2.88. The molecule has 0 radical (unpaired) electrons. The molecule has 4 aromatic rings. The van der Waals surface area contributed by atoms with E-state index >= 15 is 0 Å². The number of hydrogen-bond acceptors (Lipinski definition) is 6. The minimum atomic E-state index is -0.343. The number of nitrogens with zero attached hydrogens (tertiary/aromatic N) is 7. The van der Waals surface area contributed by atoms with Gasteiger partial charge in [-0.05, 0) is 52.2 Å². The molecule has 0 aliphatic heterocycles. The zero-order chi connectivity index (χ0) is 21.3. The second-order valence-corrected chi connectivity index (χ2v) is 7.43. The van der Waals surface area contributed by atoms with Crippen molar-refractivity contribution in [1.82, 2.24) is 34.3 Å². The monoisotopic (exact) mass is 409 g/mol. The zero-order valence-corrected chi connectivity index (χ0v) is 17.5. The Labute approximate surface area is 173 Å². The van der Waals surface area contributed by atoms with Gasteiger partial charge in [0.25, 0.3) is 0 Å². The van der Waals surface area contributed by atoms with Crippen LogP contribution in [0, 0.1) is 19.7 Å². The molecule has 156 valence electrons. The van der Waals surface area contributed by atoms with Gasteiger partial charge in [-0.15, -0.1) is 20.4 Å². The molecule has 8 nitrogen and oxygen atoms in total. The summed E-state index contributed by atoms with van der Waals surface area (Å²) in [6, 6.07) is 8.43. The number of fused-ring (bicyclic) bond motifs is 1. The Kier molecular flexibility index (Phi) is 5.45. The van der Waals surface area contributed by atoms with Crippen LogP contribution in [-0.4, -0.2) is 55.0 Å². The third-order valence-corrected chi connectivity index (χ3v) is 4.88. The Morgan fingerprint density at radius 3 is 2.50 bits per heavy atom. The van der Waals surface area contributed by atoms with Gasteiger partial charge in [0.05, 0.1) is 13.1 Å². The van der Waals surface area contributed by atoms with Crippen molar-refractivity contribution in [3.8, 4) is 16.9 Å². The highest BCUT2D eigenvalue weighted by atomic mass is 19.1. The van der Waals surface area contributed by atoms with Gasteiger partial charge in [0.15, 0.2) is 11.5 Å². The molecule has 9 heteroatoms.